The topological polar surface area (TPSA) is 29.5 Å². The number of halogens is 1. The van der Waals surface area contributed by atoms with Gasteiger partial charge in [0.1, 0.15) is 6.23 Å². The molecule has 3 atom stereocenters. The number of alkyl halides is 1. The number of piperidine rings is 1. The minimum absolute atomic E-state index is 0.0778. The zero-order chi connectivity index (χ0) is 11.8. The zero-order valence-electron chi connectivity index (χ0n) is 9.38. The largest absolute Gasteiger partial charge is 0.355 e. The SMILES string of the molecule is O=C1CC[C@@H](Br)[C@@H]2OC[C@@H](c3ccccc3)N12. The summed E-state index contributed by atoms with van der Waals surface area (Å²) < 4.78 is 5.76. The lowest BCUT2D eigenvalue weighted by Gasteiger charge is -2.35. The maximum atomic E-state index is 12.0. The van der Waals surface area contributed by atoms with Gasteiger partial charge in [-0.25, -0.2) is 0 Å². The van der Waals surface area contributed by atoms with Crippen LogP contribution in [-0.4, -0.2) is 28.5 Å². The highest BCUT2D eigenvalue weighted by Crippen LogP contribution is 2.38. The van der Waals surface area contributed by atoms with E-state index in [9.17, 15) is 4.79 Å². The van der Waals surface area contributed by atoms with E-state index in [4.69, 9.17) is 4.74 Å². The Labute approximate surface area is 109 Å². The van der Waals surface area contributed by atoms with Gasteiger partial charge in [-0.05, 0) is 12.0 Å². The number of hydrogen-bond donors (Lipinski definition) is 0. The minimum Gasteiger partial charge on any atom is -0.355 e. The predicted octanol–water partition coefficient (Wildman–Crippen LogP) is 2.47. The number of hydrogen-bond acceptors (Lipinski definition) is 2. The molecule has 0 unspecified atom stereocenters. The summed E-state index contributed by atoms with van der Waals surface area (Å²) in [5, 5.41) is 0. The molecular formula is C13H14BrNO2. The van der Waals surface area contributed by atoms with E-state index < -0.39 is 0 Å². The first-order chi connectivity index (χ1) is 8.27. The molecule has 0 radical (unpaired) electrons. The van der Waals surface area contributed by atoms with Crippen LogP contribution in [0, 0.1) is 0 Å². The summed E-state index contributed by atoms with van der Waals surface area (Å²) in [5.41, 5.74) is 1.16. The molecule has 1 aromatic carbocycles. The third-order valence-corrected chi connectivity index (χ3v) is 4.36. The lowest BCUT2D eigenvalue weighted by Crippen LogP contribution is -2.46. The number of carbonyl (C=O) groups excluding carboxylic acids is 1. The number of benzene rings is 1. The molecule has 1 amide bonds. The molecular weight excluding hydrogens is 282 g/mol. The van der Waals surface area contributed by atoms with E-state index in [1.54, 1.807) is 0 Å². The van der Waals surface area contributed by atoms with Crippen LogP contribution in [0.1, 0.15) is 24.4 Å². The van der Waals surface area contributed by atoms with E-state index in [0.29, 0.717) is 13.0 Å². The van der Waals surface area contributed by atoms with Gasteiger partial charge in [-0.1, -0.05) is 46.3 Å². The van der Waals surface area contributed by atoms with Crippen molar-refractivity contribution in [2.24, 2.45) is 0 Å². The van der Waals surface area contributed by atoms with Crippen molar-refractivity contribution < 1.29 is 9.53 Å². The standard InChI is InChI=1S/C13H14BrNO2/c14-10-6-7-12(16)15-11(8-17-13(10)15)9-4-2-1-3-5-9/h1-5,10-11,13H,6-8H2/t10-,11+,13+/m1/s1. The number of amides is 1. The summed E-state index contributed by atoms with van der Waals surface area (Å²) in [4.78, 5) is 14.2. The fourth-order valence-electron chi connectivity index (χ4n) is 2.59. The Balaban J connectivity index is 1.91. The highest BCUT2D eigenvalue weighted by atomic mass is 79.9. The zero-order valence-corrected chi connectivity index (χ0v) is 11.0. The van der Waals surface area contributed by atoms with Crippen molar-refractivity contribution in [3.63, 3.8) is 0 Å². The van der Waals surface area contributed by atoms with Gasteiger partial charge in [-0.3, -0.25) is 4.79 Å². The fourth-order valence-corrected chi connectivity index (χ4v) is 3.22. The average molecular weight is 296 g/mol. The van der Waals surface area contributed by atoms with E-state index in [-0.39, 0.29) is 23.0 Å². The predicted molar refractivity (Wildman–Crippen MR) is 67.7 cm³/mol. The van der Waals surface area contributed by atoms with Crippen molar-refractivity contribution in [2.75, 3.05) is 6.61 Å². The van der Waals surface area contributed by atoms with Crippen molar-refractivity contribution in [1.82, 2.24) is 4.90 Å². The van der Waals surface area contributed by atoms with Gasteiger partial charge in [0.05, 0.1) is 17.5 Å². The lowest BCUT2D eigenvalue weighted by molar-refractivity contribution is -0.141. The smallest absolute Gasteiger partial charge is 0.225 e. The van der Waals surface area contributed by atoms with Crippen molar-refractivity contribution in [3.8, 4) is 0 Å². The van der Waals surface area contributed by atoms with Crippen LogP contribution >= 0.6 is 15.9 Å². The molecule has 0 bridgehead atoms. The van der Waals surface area contributed by atoms with Gasteiger partial charge in [0.2, 0.25) is 5.91 Å². The van der Waals surface area contributed by atoms with Crippen LogP contribution < -0.4 is 0 Å². The summed E-state index contributed by atoms with van der Waals surface area (Å²) in [6.45, 7) is 0.600. The molecule has 3 rings (SSSR count). The van der Waals surface area contributed by atoms with E-state index >= 15 is 0 Å². The first-order valence-corrected chi connectivity index (χ1v) is 6.81. The van der Waals surface area contributed by atoms with Crippen molar-refractivity contribution in [1.29, 1.82) is 0 Å². The molecule has 2 fully saturated rings. The summed E-state index contributed by atoms with van der Waals surface area (Å²) >= 11 is 3.60. The fraction of sp³-hybridized carbons (Fsp3) is 0.462. The van der Waals surface area contributed by atoms with Gasteiger partial charge < -0.3 is 9.64 Å². The molecule has 2 saturated heterocycles. The maximum absolute atomic E-state index is 12.0. The molecule has 2 heterocycles. The molecule has 2 aliphatic rings. The molecule has 4 heteroatoms. The van der Waals surface area contributed by atoms with E-state index in [0.717, 1.165) is 12.0 Å². The molecule has 90 valence electrons. The number of ether oxygens (including phenoxy) is 1. The molecule has 0 aliphatic carbocycles. The third-order valence-electron chi connectivity index (χ3n) is 3.45. The molecule has 1 aromatic rings. The average Bonchev–Trinajstić information content (AvgIpc) is 2.81. The molecule has 0 aromatic heterocycles. The van der Waals surface area contributed by atoms with E-state index in [1.165, 1.54) is 0 Å². The first-order valence-electron chi connectivity index (χ1n) is 5.89. The summed E-state index contributed by atoms with van der Waals surface area (Å²) in [5.74, 6) is 0.206. The Morgan fingerprint density at radius 1 is 1.29 bits per heavy atom. The third kappa shape index (κ3) is 1.89. The van der Waals surface area contributed by atoms with Gasteiger partial charge >= 0.3 is 0 Å². The Morgan fingerprint density at radius 2 is 2.06 bits per heavy atom. The molecule has 2 aliphatic heterocycles. The summed E-state index contributed by atoms with van der Waals surface area (Å²) in [7, 11) is 0. The number of fused-ring (bicyclic) bond motifs is 1. The van der Waals surface area contributed by atoms with E-state index in [2.05, 4.69) is 28.1 Å². The van der Waals surface area contributed by atoms with Crippen LogP contribution in [0.15, 0.2) is 30.3 Å². The molecule has 0 N–H and O–H groups in total. The highest BCUT2D eigenvalue weighted by Gasteiger charge is 2.44. The normalized spacial score (nSPS) is 32.6. The number of rotatable bonds is 1. The monoisotopic (exact) mass is 295 g/mol. The molecule has 17 heavy (non-hydrogen) atoms. The second kappa shape index (κ2) is 4.42. The second-order valence-electron chi connectivity index (χ2n) is 4.51. The Morgan fingerprint density at radius 3 is 2.82 bits per heavy atom. The van der Waals surface area contributed by atoms with Crippen LogP contribution in [0.4, 0.5) is 0 Å². The number of nitrogens with zero attached hydrogens (tertiary/aromatic N) is 1. The Bertz CT molecular complexity index is 423. The van der Waals surface area contributed by atoms with Crippen LogP contribution in [0.2, 0.25) is 0 Å². The minimum atomic E-state index is -0.0959. The van der Waals surface area contributed by atoms with Crippen LogP contribution in [0.3, 0.4) is 0 Å². The Hall–Kier alpha value is -0.870. The molecule has 0 spiro atoms. The second-order valence-corrected chi connectivity index (χ2v) is 5.68. The lowest BCUT2D eigenvalue weighted by atomic mass is 10.0. The maximum Gasteiger partial charge on any atom is 0.225 e. The number of carbonyl (C=O) groups is 1. The van der Waals surface area contributed by atoms with Gasteiger partial charge in [-0.15, -0.1) is 0 Å². The van der Waals surface area contributed by atoms with Gasteiger partial charge in [-0.2, -0.15) is 0 Å². The van der Waals surface area contributed by atoms with E-state index in [1.807, 2.05) is 23.1 Å². The summed E-state index contributed by atoms with van der Waals surface area (Å²) in [6.07, 6.45) is 1.38. The van der Waals surface area contributed by atoms with Crippen molar-refractivity contribution >= 4 is 21.8 Å². The van der Waals surface area contributed by atoms with Crippen LogP contribution in [0.5, 0.6) is 0 Å². The van der Waals surface area contributed by atoms with Crippen molar-refractivity contribution in [3.05, 3.63) is 35.9 Å². The Kier molecular flexibility index (Phi) is 2.92. The van der Waals surface area contributed by atoms with Gasteiger partial charge in [0, 0.05) is 6.42 Å². The first kappa shape index (κ1) is 11.2. The quantitative estimate of drug-likeness (QED) is 0.745. The van der Waals surface area contributed by atoms with Crippen LogP contribution in [0.25, 0.3) is 0 Å². The molecule has 3 nitrogen and oxygen atoms in total. The summed E-state index contributed by atoms with van der Waals surface area (Å²) in [6, 6.07) is 10.2. The van der Waals surface area contributed by atoms with Crippen molar-refractivity contribution in [2.45, 2.75) is 29.9 Å². The van der Waals surface area contributed by atoms with Gasteiger partial charge in [0.25, 0.3) is 0 Å². The molecule has 0 saturated carbocycles. The highest BCUT2D eigenvalue weighted by molar-refractivity contribution is 9.09. The van der Waals surface area contributed by atoms with Gasteiger partial charge in [0.15, 0.2) is 0 Å². The van der Waals surface area contributed by atoms with Crippen LogP contribution in [-0.2, 0) is 9.53 Å².